The van der Waals surface area contributed by atoms with Crippen LogP contribution < -0.4 is 15.5 Å². The predicted octanol–water partition coefficient (Wildman–Crippen LogP) is 3.95. The molecule has 2 atom stereocenters. The highest BCUT2D eigenvalue weighted by molar-refractivity contribution is 14.0. The zero-order valence-electron chi connectivity index (χ0n) is 18.7. The van der Waals surface area contributed by atoms with Gasteiger partial charge in [-0.3, -0.25) is 9.89 Å². The molecule has 0 radical (unpaired) electrons. The number of pyridine rings is 1. The topological polar surface area (TPSA) is 55.8 Å². The number of thiophene rings is 1. The number of likely N-dealkylation sites (tertiary alicyclic amines) is 1. The summed E-state index contributed by atoms with van der Waals surface area (Å²) in [7, 11) is 0. The molecule has 9 heteroatoms. The van der Waals surface area contributed by atoms with E-state index >= 15 is 0 Å². The third-order valence-corrected chi connectivity index (χ3v) is 6.84. The first kappa shape index (κ1) is 25.2. The Labute approximate surface area is 211 Å². The third-order valence-electron chi connectivity index (χ3n) is 5.98. The normalized spacial score (nSPS) is 21.9. The molecule has 32 heavy (non-hydrogen) atoms. The molecule has 6 nitrogen and oxygen atoms in total. The Hall–Kier alpha value is -1.46. The molecule has 0 spiro atoms. The van der Waals surface area contributed by atoms with Gasteiger partial charge in [-0.25, -0.2) is 9.37 Å². The zero-order valence-corrected chi connectivity index (χ0v) is 21.8. The molecule has 2 saturated heterocycles. The number of guanidine groups is 1. The van der Waals surface area contributed by atoms with Gasteiger partial charge in [0.2, 0.25) is 0 Å². The van der Waals surface area contributed by atoms with Crippen molar-refractivity contribution in [3.8, 4) is 0 Å². The average Bonchev–Trinajstić information content (AvgIpc) is 3.45. The van der Waals surface area contributed by atoms with Crippen LogP contribution in [0.2, 0.25) is 0 Å². The van der Waals surface area contributed by atoms with E-state index in [0.717, 1.165) is 51.6 Å². The summed E-state index contributed by atoms with van der Waals surface area (Å²) in [6.07, 6.45) is 5.07. The Morgan fingerprint density at radius 3 is 2.94 bits per heavy atom. The van der Waals surface area contributed by atoms with Crippen molar-refractivity contribution in [2.75, 3.05) is 44.2 Å². The first-order chi connectivity index (χ1) is 15.2. The van der Waals surface area contributed by atoms with Gasteiger partial charge < -0.3 is 15.5 Å². The van der Waals surface area contributed by atoms with E-state index in [1.165, 1.54) is 30.3 Å². The number of rotatable bonds is 7. The number of hydrogen-bond donors (Lipinski definition) is 2. The van der Waals surface area contributed by atoms with Crippen LogP contribution in [-0.4, -0.2) is 61.2 Å². The Kier molecular flexibility index (Phi) is 9.98. The number of anilines is 1. The summed E-state index contributed by atoms with van der Waals surface area (Å²) in [6, 6.07) is 7.70. The number of hydrogen-bond acceptors (Lipinski definition) is 5. The fourth-order valence-electron chi connectivity index (χ4n) is 4.48. The second kappa shape index (κ2) is 12.7. The van der Waals surface area contributed by atoms with Gasteiger partial charge in [0.1, 0.15) is 0 Å². The van der Waals surface area contributed by atoms with Crippen molar-refractivity contribution < 1.29 is 4.39 Å². The molecule has 2 unspecified atom stereocenters. The summed E-state index contributed by atoms with van der Waals surface area (Å²) in [5.41, 5.74) is 0. The third kappa shape index (κ3) is 7.02. The first-order valence-electron chi connectivity index (χ1n) is 11.4. The lowest BCUT2D eigenvalue weighted by Crippen LogP contribution is -2.45. The highest BCUT2D eigenvalue weighted by Gasteiger charge is 2.26. The van der Waals surface area contributed by atoms with Crippen LogP contribution >= 0.6 is 35.3 Å². The summed E-state index contributed by atoms with van der Waals surface area (Å²) < 4.78 is 14.1. The zero-order chi connectivity index (χ0) is 21.5. The van der Waals surface area contributed by atoms with Gasteiger partial charge in [-0.2, -0.15) is 0 Å². The van der Waals surface area contributed by atoms with Crippen LogP contribution in [0, 0.1) is 11.7 Å². The van der Waals surface area contributed by atoms with E-state index in [4.69, 9.17) is 4.99 Å². The Morgan fingerprint density at radius 2 is 2.16 bits per heavy atom. The molecule has 0 saturated carbocycles. The van der Waals surface area contributed by atoms with Gasteiger partial charge in [0, 0.05) is 56.4 Å². The number of aliphatic imine (C=N–C) groups is 1. The summed E-state index contributed by atoms with van der Waals surface area (Å²) in [6.45, 7) is 8.62. The molecule has 2 fully saturated rings. The molecule has 2 aliphatic heterocycles. The number of nitrogens with zero attached hydrogens (tertiary/aromatic N) is 4. The average molecular weight is 573 g/mol. The SMILES string of the molecule is CCNC(=NCC1CCCN(Cc2cccs2)C1)NC1CCN(c2ncccc2F)C1.I. The molecular weight excluding hydrogens is 538 g/mol. The molecule has 176 valence electrons. The molecule has 2 N–H and O–H groups in total. The minimum absolute atomic E-state index is 0. The molecule has 0 aromatic carbocycles. The quantitative estimate of drug-likeness (QED) is 0.299. The van der Waals surface area contributed by atoms with Crippen molar-refractivity contribution in [2.45, 2.75) is 38.8 Å². The second-order valence-corrected chi connectivity index (χ2v) is 9.46. The van der Waals surface area contributed by atoms with E-state index in [-0.39, 0.29) is 35.8 Å². The molecule has 4 heterocycles. The van der Waals surface area contributed by atoms with Gasteiger partial charge in [-0.15, -0.1) is 35.3 Å². The van der Waals surface area contributed by atoms with Crippen molar-refractivity contribution >= 4 is 47.1 Å². The van der Waals surface area contributed by atoms with Gasteiger partial charge in [0.25, 0.3) is 0 Å². The van der Waals surface area contributed by atoms with Crippen molar-refractivity contribution in [1.82, 2.24) is 20.5 Å². The summed E-state index contributed by atoms with van der Waals surface area (Å²) in [5, 5.41) is 9.09. The van der Waals surface area contributed by atoms with E-state index in [9.17, 15) is 4.39 Å². The fourth-order valence-corrected chi connectivity index (χ4v) is 5.23. The molecular formula is C23H34FIN6S. The number of aromatic nitrogens is 1. The van der Waals surface area contributed by atoms with E-state index in [2.05, 4.69) is 45.0 Å². The van der Waals surface area contributed by atoms with Crippen molar-refractivity contribution in [1.29, 1.82) is 0 Å². The maximum Gasteiger partial charge on any atom is 0.191 e. The van der Waals surface area contributed by atoms with Gasteiger partial charge in [0.15, 0.2) is 17.6 Å². The minimum atomic E-state index is -0.256. The van der Waals surface area contributed by atoms with Crippen LogP contribution in [0.5, 0.6) is 0 Å². The number of halogens is 2. The minimum Gasteiger partial charge on any atom is -0.357 e. The lowest BCUT2D eigenvalue weighted by Gasteiger charge is -2.31. The molecule has 2 aromatic heterocycles. The molecule has 4 rings (SSSR count). The monoisotopic (exact) mass is 572 g/mol. The Balaban J connectivity index is 0.00000289. The molecule has 2 aliphatic rings. The van der Waals surface area contributed by atoms with Gasteiger partial charge >= 0.3 is 0 Å². The van der Waals surface area contributed by atoms with Crippen LogP contribution in [0.1, 0.15) is 31.1 Å². The Bertz CT molecular complexity index is 849. The number of nitrogens with one attached hydrogen (secondary N) is 2. The smallest absolute Gasteiger partial charge is 0.191 e. The summed E-state index contributed by atoms with van der Waals surface area (Å²) in [5.74, 6) is 1.65. The van der Waals surface area contributed by atoms with Crippen LogP contribution in [-0.2, 0) is 6.54 Å². The maximum atomic E-state index is 14.1. The van der Waals surface area contributed by atoms with Gasteiger partial charge in [0.05, 0.1) is 0 Å². The van der Waals surface area contributed by atoms with E-state index in [0.29, 0.717) is 11.7 Å². The largest absolute Gasteiger partial charge is 0.357 e. The van der Waals surface area contributed by atoms with E-state index < -0.39 is 0 Å². The van der Waals surface area contributed by atoms with Crippen molar-refractivity contribution in [3.63, 3.8) is 0 Å². The van der Waals surface area contributed by atoms with Crippen LogP contribution in [0.4, 0.5) is 10.2 Å². The lowest BCUT2D eigenvalue weighted by atomic mass is 9.98. The summed E-state index contributed by atoms with van der Waals surface area (Å²) >= 11 is 1.84. The van der Waals surface area contributed by atoms with Crippen molar-refractivity contribution in [3.05, 3.63) is 46.5 Å². The molecule has 2 aromatic rings. The van der Waals surface area contributed by atoms with Crippen LogP contribution in [0.25, 0.3) is 0 Å². The fraction of sp³-hybridized carbons (Fsp3) is 0.565. The lowest BCUT2D eigenvalue weighted by molar-refractivity contribution is 0.172. The van der Waals surface area contributed by atoms with Crippen molar-refractivity contribution in [2.24, 2.45) is 10.9 Å². The van der Waals surface area contributed by atoms with E-state index in [1.54, 1.807) is 12.3 Å². The predicted molar refractivity (Wildman–Crippen MR) is 142 cm³/mol. The molecule has 0 bridgehead atoms. The maximum absolute atomic E-state index is 14.1. The second-order valence-electron chi connectivity index (χ2n) is 8.43. The molecule has 0 aliphatic carbocycles. The van der Waals surface area contributed by atoms with E-state index in [1.807, 2.05) is 16.2 Å². The highest BCUT2D eigenvalue weighted by atomic mass is 127. The van der Waals surface area contributed by atoms with Gasteiger partial charge in [-0.1, -0.05) is 6.07 Å². The van der Waals surface area contributed by atoms with Crippen LogP contribution in [0.15, 0.2) is 40.8 Å². The number of piperidine rings is 1. The highest BCUT2D eigenvalue weighted by Crippen LogP contribution is 2.22. The van der Waals surface area contributed by atoms with Gasteiger partial charge in [-0.05, 0) is 62.2 Å². The first-order valence-corrected chi connectivity index (χ1v) is 12.2. The summed E-state index contributed by atoms with van der Waals surface area (Å²) in [4.78, 5) is 15.1. The van der Waals surface area contributed by atoms with Crippen LogP contribution in [0.3, 0.4) is 0 Å². The molecule has 0 amide bonds. The standard InChI is InChI=1S/C23H33FN6S.HI/c1-2-25-23(28-19-9-12-30(16-19)22-21(24)8-3-10-26-22)27-14-18-6-4-11-29(15-18)17-20-7-5-13-31-20;/h3,5,7-8,10,13,18-19H,2,4,6,9,11-12,14-17H2,1H3,(H2,25,27,28);1H. The Morgan fingerprint density at radius 1 is 1.25 bits per heavy atom.